The molecule has 1 aromatic carbocycles. The molecule has 11 nitrogen and oxygen atoms in total. The van der Waals surface area contributed by atoms with Crippen LogP contribution in [0.3, 0.4) is 0 Å². The van der Waals surface area contributed by atoms with Crippen molar-refractivity contribution in [3.05, 3.63) is 47.9 Å². The maximum absolute atomic E-state index is 13.0. The van der Waals surface area contributed by atoms with Gasteiger partial charge in [0.25, 0.3) is 5.91 Å². The summed E-state index contributed by atoms with van der Waals surface area (Å²) >= 11 is 0. The van der Waals surface area contributed by atoms with Gasteiger partial charge in [-0.05, 0) is 31.9 Å². The fourth-order valence-corrected chi connectivity index (χ4v) is 4.78. The van der Waals surface area contributed by atoms with E-state index >= 15 is 0 Å². The summed E-state index contributed by atoms with van der Waals surface area (Å²) in [6.07, 6.45) is 4.37. The van der Waals surface area contributed by atoms with E-state index in [1.807, 2.05) is 0 Å². The van der Waals surface area contributed by atoms with Crippen molar-refractivity contribution in [2.75, 3.05) is 18.5 Å². The van der Waals surface area contributed by atoms with Crippen molar-refractivity contribution in [1.82, 2.24) is 9.97 Å². The zero-order chi connectivity index (χ0) is 23.4. The predicted octanol–water partition coefficient (Wildman–Crippen LogP) is 1.76. The van der Waals surface area contributed by atoms with Crippen LogP contribution in [0.5, 0.6) is 0 Å². The summed E-state index contributed by atoms with van der Waals surface area (Å²) in [6, 6.07) is 5.99. The van der Waals surface area contributed by atoms with Crippen molar-refractivity contribution in [1.29, 1.82) is 0 Å². The van der Waals surface area contributed by atoms with E-state index in [9.17, 15) is 13.2 Å². The summed E-state index contributed by atoms with van der Waals surface area (Å²) < 4.78 is 30.2. The van der Waals surface area contributed by atoms with Crippen molar-refractivity contribution in [2.45, 2.75) is 42.4 Å². The summed E-state index contributed by atoms with van der Waals surface area (Å²) in [5.41, 5.74) is 0.961. The van der Waals surface area contributed by atoms with Crippen molar-refractivity contribution >= 4 is 33.0 Å². The van der Waals surface area contributed by atoms with Gasteiger partial charge in [0.05, 0.1) is 35.8 Å². The van der Waals surface area contributed by atoms with E-state index in [1.165, 1.54) is 36.7 Å². The molecule has 2 heterocycles. The van der Waals surface area contributed by atoms with Crippen LogP contribution in [0.4, 0.5) is 5.82 Å². The van der Waals surface area contributed by atoms with E-state index in [1.54, 1.807) is 6.92 Å². The molecule has 0 spiro atoms. The molecule has 1 amide bonds. The Morgan fingerprint density at radius 1 is 1.18 bits per heavy atom. The van der Waals surface area contributed by atoms with Gasteiger partial charge in [-0.25, -0.2) is 18.4 Å². The highest BCUT2D eigenvalue weighted by atomic mass is 32.2. The lowest BCUT2D eigenvalue weighted by atomic mass is 10.1. The molecule has 4 rings (SSSR count). The van der Waals surface area contributed by atoms with E-state index in [0.717, 1.165) is 0 Å². The predicted molar refractivity (Wildman–Crippen MR) is 118 cm³/mol. The molecule has 2 fully saturated rings. The van der Waals surface area contributed by atoms with Crippen LogP contribution in [0, 0.1) is 0 Å². The van der Waals surface area contributed by atoms with Crippen LogP contribution >= 0.6 is 0 Å². The Kier molecular flexibility index (Phi) is 6.65. The number of carbonyl (C=O) groups is 1. The van der Waals surface area contributed by atoms with Crippen LogP contribution in [0.15, 0.2) is 51.9 Å². The first-order valence-electron chi connectivity index (χ1n) is 10.4. The second-order valence-corrected chi connectivity index (χ2v) is 9.95. The molecule has 1 aromatic heterocycles. The number of oxime groups is 2. The summed E-state index contributed by atoms with van der Waals surface area (Å²) in [6.45, 7) is 2.48. The Labute approximate surface area is 190 Å². The van der Waals surface area contributed by atoms with Crippen LogP contribution in [-0.4, -0.2) is 65.5 Å². The fourth-order valence-electron chi connectivity index (χ4n) is 3.13. The number of sulfone groups is 1. The fraction of sp³-hybridized carbons (Fsp3) is 0.381. The number of carbonyl (C=O) groups excluding carboxylic acids is 1. The first-order chi connectivity index (χ1) is 15.9. The molecule has 2 aliphatic rings. The molecule has 0 bridgehead atoms. The second kappa shape index (κ2) is 9.63. The minimum absolute atomic E-state index is 0.0451. The SMILES string of the molecule is CC(=NO)c1cnc(NC(=O)/C(=N/O[C@@H]2CCOC2)c2ccc(S(=O)(=O)C3CC3)cc2)cn1. The number of anilines is 1. The van der Waals surface area contributed by atoms with Gasteiger partial charge in [-0.3, -0.25) is 4.79 Å². The Hall–Kier alpha value is -3.38. The number of aromatic nitrogens is 2. The van der Waals surface area contributed by atoms with Crippen molar-refractivity contribution < 1.29 is 28.0 Å². The molecular formula is C21H23N5O6S. The van der Waals surface area contributed by atoms with Crippen molar-refractivity contribution in [3.8, 4) is 0 Å². The number of nitrogens with zero attached hydrogens (tertiary/aromatic N) is 4. The van der Waals surface area contributed by atoms with E-state index < -0.39 is 15.7 Å². The lowest BCUT2D eigenvalue weighted by Crippen LogP contribution is -2.26. The third kappa shape index (κ3) is 5.34. The average molecular weight is 474 g/mol. The van der Waals surface area contributed by atoms with Gasteiger partial charge < -0.3 is 20.1 Å². The lowest BCUT2D eigenvalue weighted by Gasteiger charge is -2.11. The number of amides is 1. The smallest absolute Gasteiger partial charge is 0.279 e. The number of nitrogens with one attached hydrogen (secondary N) is 1. The average Bonchev–Trinajstić information content (AvgIpc) is 3.57. The molecule has 1 aliphatic heterocycles. The standard InChI is InChI=1S/C21H23N5O6S/c1-13(25-28)18-10-23-19(11-22-18)24-21(27)20(26-32-15-8-9-31-12-15)14-2-4-16(5-3-14)33(29,30)17-6-7-17/h2-5,10-11,15,17,28H,6-9,12H2,1H3,(H,23,24,27)/b25-13?,26-20+/t15-/m1/s1. The normalized spacial score (nSPS) is 19.4. The first-order valence-corrected chi connectivity index (χ1v) is 11.9. The summed E-state index contributed by atoms with van der Waals surface area (Å²) in [5, 5.41) is 18.2. The van der Waals surface area contributed by atoms with Gasteiger partial charge in [-0.15, -0.1) is 0 Å². The van der Waals surface area contributed by atoms with Gasteiger partial charge in [-0.2, -0.15) is 0 Å². The van der Waals surface area contributed by atoms with Crippen LogP contribution in [0.1, 0.15) is 37.4 Å². The molecule has 0 unspecified atom stereocenters. The number of rotatable bonds is 8. The largest absolute Gasteiger partial charge is 0.411 e. The van der Waals surface area contributed by atoms with Gasteiger partial charge in [-0.1, -0.05) is 22.4 Å². The Bertz CT molecular complexity index is 1170. The van der Waals surface area contributed by atoms with Gasteiger partial charge in [0.2, 0.25) is 0 Å². The highest BCUT2D eigenvalue weighted by molar-refractivity contribution is 7.92. The Morgan fingerprint density at radius 2 is 1.94 bits per heavy atom. The summed E-state index contributed by atoms with van der Waals surface area (Å²) in [5.74, 6) is -0.458. The second-order valence-electron chi connectivity index (χ2n) is 7.73. The van der Waals surface area contributed by atoms with E-state index in [2.05, 4.69) is 25.6 Å². The number of hydrogen-bond acceptors (Lipinski definition) is 10. The van der Waals surface area contributed by atoms with Gasteiger partial charge in [0.1, 0.15) is 11.4 Å². The minimum atomic E-state index is -3.35. The Morgan fingerprint density at radius 3 is 2.52 bits per heavy atom. The van der Waals surface area contributed by atoms with E-state index in [0.29, 0.717) is 43.7 Å². The molecule has 174 valence electrons. The maximum Gasteiger partial charge on any atom is 0.279 e. The first kappa shape index (κ1) is 22.8. The van der Waals surface area contributed by atoms with Crippen LogP contribution in [-0.2, 0) is 24.2 Å². The monoisotopic (exact) mass is 473 g/mol. The summed E-state index contributed by atoms with van der Waals surface area (Å²) in [7, 11) is -3.35. The number of benzene rings is 1. The molecule has 2 aromatic rings. The topological polar surface area (TPSA) is 152 Å². The van der Waals surface area contributed by atoms with Gasteiger partial charge in [0, 0.05) is 12.0 Å². The number of hydrogen-bond donors (Lipinski definition) is 2. The van der Waals surface area contributed by atoms with Gasteiger partial charge >= 0.3 is 0 Å². The lowest BCUT2D eigenvalue weighted by molar-refractivity contribution is -0.110. The molecule has 0 radical (unpaired) electrons. The van der Waals surface area contributed by atoms with Crippen LogP contribution < -0.4 is 5.32 Å². The third-order valence-corrected chi connectivity index (χ3v) is 7.51. The van der Waals surface area contributed by atoms with Crippen LogP contribution in [0.2, 0.25) is 0 Å². The zero-order valence-corrected chi connectivity index (χ0v) is 18.7. The molecule has 12 heteroatoms. The van der Waals surface area contributed by atoms with E-state index in [-0.39, 0.29) is 33.5 Å². The molecule has 33 heavy (non-hydrogen) atoms. The quantitative estimate of drug-likeness (QED) is 0.334. The molecule has 1 saturated heterocycles. The van der Waals surface area contributed by atoms with Crippen molar-refractivity contribution in [3.63, 3.8) is 0 Å². The highest BCUT2D eigenvalue weighted by Gasteiger charge is 2.36. The molecule has 1 atom stereocenters. The van der Waals surface area contributed by atoms with Crippen LogP contribution in [0.25, 0.3) is 0 Å². The molecular weight excluding hydrogens is 450 g/mol. The maximum atomic E-state index is 13.0. The molecule has 2 N–H and O–H groups in total. The molecule has 1 aliphatic carbocycles. The third-order valence-electron chi connectivity index (χ3n) is 5.23. The van der Waals surface area contributed by atoms with Gasteiger partial charge in [0.15, 0.2) is 27.5 Å². The highest BCUT2D eigenvalue weighted by Crippen LogP contribution is 2.33. The summed E-state index contributed by atoms with van der Waals surface area (Å²) in [4.78, 5) is 26.9. The van der Waals surface area contributed by atoms with Crippen molar-refractivity contribution in [2.24, 2.45) is 10.3 Å². The molecule has 1 saturated carbocycles. The minimum Gasteiger partial charge on any atom is -0.411 e. The number of ether oxygens (including phenoxy) is 1. The Balaban J connectivity index is 1.56. The zero-order valence-electron chi connectivity index (χ0n) is 17.8. The van der Waals surface area contributed by atoms with E-state index in [4.69, 9.17) is 14.8 Å².